The third-order valence-electron chi connectivity index (χ3n) is 4.49. The molecule has 3 rings (SSSR count). The Bertz CT molecular complexity index is 971. The van der Waals surface area contributed by atoms with E-state index in [0.717, 1.165) is 27.0 Å². The number of rotatable bonds is 5. The molecular weight excluding hydrogens is 348 g/mol. The SMILES string of the molecule is CC[C@H](C(=O)Nc1cc(C)ccc1C)n1c(C(=O)OC)cc2ccsc21. The number of methoxy groups -OCH3 is 1. The zero-order valence-corrected chi connectivity index (χ0v) is 16.1. The lowest BCUT2D eigenvalue weighted by molar-refractivity contribution is -0.119. The predicted octanol–water partition coefficient (Wildman–Crippen LogP) is 4.70. The van der Waals surface area contributed by atoms with Crippen molar-refractivity contribution in [3.63, 3.8) is 0 Å². The maximum atomic E-state index is 13.1. The van der Waals surface area contributed by atoms with Crippen LogP contribution in [0.3, 0.4) is 0 Å². The number of esters is 1. The summed E-state index contributed by atoms with van der Waals surface area (Å²) in [7, 11) is 1.35. The summed E-state index contributed by atoms with van der Waals surface area (Å²) in [6.07, 6.45) is 0.558. The fourth-order valence-electron chi connectivity index (χ4n) is 3.09. The van der Waals surface area contributed by atoms with E-state index in [-0.39, 0.29) is 5.91 Å². The average Bonchev–Trinajstić information content (AvgIpc) is 3.20. The number of aryl methyl sites for hydroxylation is 2. The number of hydrogen-bond donors (Lipinski definition) is 1. The van der Waals surface area contributed by atoms with Gasteiger partial charge in [0.05, 0.1) is 7.11 Å². The highest BCUT2D eigenvalue weighted by atomic mass is 32.1. The minimum absolute atomic E-state index is 0.141. The highest BCUT2D eigenvalue weighted by molar-refractivity contribution is 7.16. The maximum absolute atomic E-state index is 13.1. The van der Waals surface area contributed by atoms with Crippen molar-refractivity contribution >= 4 is 39.1 Å². The van der Waals surface area contributed by atoms with Gasteiger partial charge in [-0.3, -0.25) is 4.79 Å². The summed E-state index contributed by atoms with van der Waals surface area (Å²) < 4.78 is 6.71. The molecule has 1 N–H and O–H groups in total. The number of thiophene rings is 1. The van der Waals surface area contributed by atoms with Crippen LogP contribution in [0.1, 0.15) is 41.0 Å². The van der Waals surface area contributed by atoms with Gasteiger partial charge in [-0.15, -0.1) is 11.3 Å². The normalized spacial score (nSPS) is 12.2. The molecule has 26 heavy (non-hydrogen) atoms. The van der Waals surface area contributed by atoms with Crippen molar-refractivity contribution in [3.05, 3.63) is 52.5 Å². The Hall–Kier alpha value is -2.60. The first-order valence-electron chi connectivity index (χ1n) is 8.51. The molecule has 0 spiro atoms. The van der Waals surface area contributed by atoms with Crippen LogP contribution in [0.15, 0.2) is 35.7 Å². The van der Waals surface area contributed by atoms with E-state index in [1.807, 2.05) is 50.4 Å². The summed E-state index contributed by atoms with van der Waals surface area (Å²) in [6, 6.07) is 9.18. The van der Waals surface area contributed by atoms with E-state index in [1.54, 1.807) is 10.6 Å². The van der Waals surface area contributed by atoms with Crippen molar-refractivity contribution in [3.8, 4) is 0 Å². The second-order valence-corrected chi connectivity index (χ2v) is 7.20. The molecule has 0 saturated carbocycles. The molecule has 0 aliphatic carbocycles. The van der Waals surface area contributed by atoms with Crippen LogP contribution in [-0.4, -0.2) is 23.6 Å². The lowest BCUT2D eigenvalue weighted by Gasteiger charge is -2.20. The minimum Gasteiger partial charge on any atom is -0.464 e. The minimum atomic E-state index is -0.500. The van der Waals surface area contributed by atoms with Gasteiger partial charge >= 0.3 is 5.97 Å². The van der Waals surface area contributed by atoms with E-state index in [9.17, 15) is 9.59 Å². The van der Waals surface area contributed by atoms with Gasteiger partial charge in [0.2, 0.25) is 5.91 Å². The number of ether oxygens (including phenoxy) is 1. The monoisotopic (exact) mass is 370 g/mol. The van der Waals surface area contributed by atoms with Crippen LogP contribution in [-0.2, 0) is 9.53 Å². The van der Waals surface area contributed by atoms with Crippen LogP contribution >= 0.6 is 11.3 Å². The largest absolute Gasteiger partial charge is 0.464 e. The summed E-state index contributed by atoms with van der Waals surface area (Å²) in [6.45, 7) is 5.89. The highest BCUT2D eigenvalue weighted by Gasteiger charge is 2.27. The molecule has 2 heterocycles. The first kappa shape index (κ1) is 18.2. The van der Waals surface area contributed by atoms with Crippen LogP contribution in [0.2, 0.25) is 0 Å². The third-order valence-corrected chi connectivity index (χ3v) is 5.42. The van der Waals surface area contributed by atoms with E-state index in [1.165, 1.54) is 18.4 Å². The molecule has 1 amide bonds. The van der Waals surface area contributed by atoms with Crippen LogP contribution in [0.4, 0.5) is 5.69 Å². The molecule has 5 nitrogen and oxygen atoms in total. The number of nitrogens with zero attached hydrogens (tertiary/aromatic N) is 1. The van der Waals surface area contributed by atoms with E-state index in [2.05, 4.69) is 5.32 Å². The Balaban J connectivity index is 2.02. The van der Waals surface area contributed by atoms with Gasteiger partial charge in [0.25, 0.3) is 0 Å². The fourth-order valence-corrected chi connectivity index (χ4v) is 4.03. The third kappa shape index (κ3) is 3.24. The van der Waals surface area contributed by atoms with Crippen molar-refractivity contribution < 1.29 is 14.3 Å². The van der Waals surface area contributed by atoms with Gasteiger partial charge in [0.15, 0.2) is 0 Å². The molecule has 2 aromatic heterocycles. The van der Waals surface area contributed by atoms with Gasteiger partial charge in [0.1, 0.15) is 16.6 Å². The standard InChI is InChI=1S/C20H22N2O3S/c1-5-16(18(23)21-15-10-12(2)6-7-13(15)3)22-17(20(24)25-4)11-14-8-9-26-19(14)22/h6-11,16H,5H2,1-4H3,(H,21,23)/t16-/m1/s1. The Morgan fingerprint density at radius 1 is 1.23 bits per heavy atom. The number of carbonyl (C=O) groups is 2. The molecule has 0 aliphatic heterocycles. The maximum Gasteiger partial charge on any atom is 0.354 e. The molecular formula is C20H22N2O3S. The lowest BCUT2D eigenvalue weighted by atomic mass is 10.1. The Kier molecular flexibility index (Phi) is 5.13. The first-order chi connectivity index (χ1) is 12.5. The summed E-state index contributed by atoms with van der Waals surface area (Å²) in [4.78, 5) is 26.2. The summed E-state index contributed by atoms with van der Waals surface area (Å²) in [5.74, 6) is -0.580. The van der Waals surface area contributed by atoms with Gasteiger partial charge in [-0.1, -0.05) is 19.1 Å². The molecule has 0 bridgehead atoms. The quantitative estimate of drug-likeness (QED) is 0.663. The van der Waals surface area contributed by atoms with E-state index in [0.29, 0.717) is 12.1 Å². The van der Waals surface area contributed by atoms with E-state index >= 15 is 0 Å². The number of hydrogen-bond acceptors (Lipinski definition) is 4. The van der Waals surface area contributed by atoms with Crippen molar-refractivity contribution in [2.75, 3.05) is 12.4 Å². The van der Waals surface area contributed by atoms with Crippen molar-refractivity contribution in [2.24, 2.45) is 0 Å². The van der Waals surface area contributed by atoms with Crippen molar-refractivity contribution in [1.29, 1.82) is 0 Å². The van der Waals surface area contributed by atoms with Crippen molar-refractivity contribution in [1.82, 2.24) is 4.57 Å². The Labute approximate surface area is 156 Å². The second-order valence-electron chi connectivity index (χ2n) is 6.30. The van der Waals surface area contributed by atoms with Gasteiger partial charge in [-0.25, -0.2) is 4.79 Å². The van der Waals surface area contributed by atoms with Crippen molar-refractivity contribution in [2.45, 2.75) is 33.2 Å². The van der Waals surface area contributed by atoms with Gasteiger partial charge in [0, 0.05) is 11.1 Å². The summed E-state index contributed by atoms with van der Waals surface area (Å²) >= 11 is 1.51. The highest BCUT2D eigenvalue weighted by Crippen LogP contribution is 2.31. The first-order valence-corrected chi connectivity index (χ1v) is 9.39. The number of amides is 1. The van der Waals surface area contributed by atoms with E-state index in [4.69, 9.17) is 4.74 Å². The average molecular weight is 370 g/mol. The van der Waals surface area contributed by atoms with Gasteiger partial charge in [-0.05, 0) is 55.0 Å². The summed E-state index contributed by atoms with van der Waals surface area (Å²) in [5.41, 5.74) is 3.27. The molecule has 0 radical (unpaired) electrons. The predicted molar refractivity (Wildman–Crippen MR) is 105 cm³/mol. The molecule has 6 heteroatoms. The van der Waals surface area contributed by atoms with Gasteiger partial charge < -0.3 is 14.6 Å². The fraction of sp³-hybridized carbons (Fsp3) is 0.300. The lowest BCUT2D eigenvalue weighted by Crippen LogP contribution is -2.28. The molecule has 0 saturated heterocycles. The molecule has 0 unspecified atom stereocenters. The summed E-state index contributed by atoms with van der Waals surface area (Å²) in [5, 5.41) is 5.92. The number of carbonyl (C=O) groups excluding carboxylic acids is 2. The second kappa shape index (κ2) is 7.33. The molecule has 0 fully saturated rings. The molecule has 0 aliphatic rings. The number of anilines is 1. The van der Waals surface area contributed by atoms with Crippen LogP contribution in [0, 0.1) is 13.8 Å². The smallest absolute Gasteiger partial charge is 0.354 e. The molecule has 136 valence electrons. The van der Waals surface area contributed by atoms with Crippen LogP contribution in [0.5, 0.6) is 0 Å². The Morgan fingerprint density at radius 3 is 2.69 bits per heavy atom. The molecule has 1 aromatic carbocycles. The Morgan fingerprint density at radius 2 is 2.00 bits per heavy atom. The zero-order chi connectivity index (χ0) is 18.8. The number of aromatic nitrogens is 1. The zero-order valence-electron chi connectivity index (χ0n) is 15.3. The van der Waals surface area contributed by atoms with Crippen LogP contribution in [0.25, 0.3) is 10.2 Å². The van der Waals surface area contributed by atoms with Crippen LogP contribution < -0.4 is 5.32 Å². The number of nitrogens with one attached hydrogen (secondary N) is 1. The van der Waals surface area contributed by atoms with E-state index < -0.39 is 12.0 Å². The molecule has 3 aromatic rings. The topological polar surface area (TPSA) is 60.3 Å². The number of fused-ring (bicyclic) bond motifs is 1. The van der Waals surface area contributed by atoms with Gasteiger partial charge in [-0.2, -0.15) is 0 Å². The number of benzene rings is 1. The molecule has 1 atom stereocenters.